The van der Waals surface area contributed by atoms with Gasteiger partial charge in [0.05, 0.1) is 7.11 Å². The van der Waals surface area contributed by atoms with E-state index in [9.17, 15) is 0 Å². The Kier molecular flexibility index (Phi) is 5.64. The highest BCUT2D eigenvalue weighted by molar-refractivity contribution is 14.1. The molecular formula is C16H19IN6OS. The van der Waals surface area contributed by atoms with Gasteiger partial charge in [0.1, 0.15) is 12.1 Å². The van der Waals surface area contributed by atoms with Gasteiger partial charge in [0.25, 0.3) is 0 Å². The standard InChI is InChI=1S/C16H19IN6OS/c1-22(2)6-7-23-15-13(14(18)19-9-20-15)21-16(23)25-12-8-10(24-3)4-5-11(12)17/h4-5,8-9H,6-7H2,1-3H3,(H2,18,19,20). The number of methoxy groups -OCH3 is 1. The second kappa shape index (κ2) is 7.75. The molecule has 0 aliphatic heterocycles. The average molecular weight is 470 g/mol. The summed E-state index contributed by atoms with van der Waals surface area (Å²) in [4.78, 5) is 16.3. The Morgan fingerprint density at radius 1 is 1.32 bits per heavy atom. The molecule has 0 spiro atoms. The van der Waals surface area contributed by atoms with Gasteiger partial charge in [0.2, 0.25) is 0 Å². The lowest BCUT2D eigenvalue weighted by Gasteiger charge is -2.13. The summed E-state index contributed by atoms with van der Waals surface area (Å²) in [6.45, 7) is 1.64. The molecule has 9 heteroatoms. The maximum Gasteiger partial charge on any atom is 0.175 e. The molecule has 0 atom stereocenters. The fourth-order valence-electron chi connectivity index (χ4n) is 2.30. The van der Waals surface area contributed by atoms with Crippen molar-refractivity contribution in [2.75, 3.05) is 33.5 Å². The summed E-state index contributed by atoms with van der Waals surface area (Å²) in [5.74, 6) is 1.22. The van der Waals surface area contributed by atoms with Crippen molar-refractivity contribution in [1.29, 1.82) is 0 Å². The number of hydrogen-bond donors (Lipinski definition) is 1. The highest BCUT2D eigenvalue weighted by Gasteiger charge is 2.17. The molecule has 0 radical (unpaired) electrons. The average Bonchev–Trinajstić information content (AvgIpc) is 2.93. The zero-order valence-electron chi connectivity index (χ0n) is 14.2. The largest absolute Gasteiger partial charge is 0.497 e. The van der Waals surface area contributed by atoms with Crippen LogP contribution >= 0.6 is 34.4 Å². The van der Waals surface area contributed by atoms with E-state index in [2.05, 4.69) is 42.0 Å². The maximum atomic E-state index is 6.00. The monoisotopic (exact) mass is 470 g/mol. The minimum Gasteiger partial charge on any atom is -0.497 e. The van der Waals surface area contributed by atoms with Crippen molar-refractivity contribution >= 4 is 51.3 Å². The van der Waals surface area contributed by atoms with Gasteiger partial charge in [0, 0.05) is 21.6 Å². The Morgan fingerprint density at radius 3 is 2.84 bits per heavy atom. The van der Waals surface area contributed by atoms with Crippen LogP contribution in [0.5, 0.6) is 5.75 Å². The van der Waals surface area contributed by atoms with Gasteiger partial charge < -0.3 is 19.9 Å². The molecule has 3 aromatic rings. The molecule has 0 saturated carbocycles. The van der Waals surface area contributed by atoms with Gasteiger partial charge >= 0.3 is 0 Å². The van der Waals surface area contributed by atoms with Crippen LogP contribution in [0.25, 0.3) is 11.2 Å². The van der Waals surface area contributed by atoms with E-state index in [1.54, 1.807) is 18.9 Å². The van der Waals surface area contributed by atoms with Crippen LogP contribution in [0, 0.1) is 3.57 Å². The molecule has 3 rings (SSSR count). The van der Waals surface area contributed by atoms with Crippen molar-refractivity contribution in [3.05, 3.63) is 28.1 Å². The molecule has 0 fully saturated rings. The van der Waals surface area contributed by atoms with Crippen molar-refractivity contribution in [2.45, 2.75) is 16.6 Å². The molecule has 2 aromatic heterocycles. The number of ether oxygens (including phenoxy) is 1. The molecule has 0 unspecified atom stereocenters. The van der Waals surface area contributed by atoms with E-state index >= 15 is 0 Å². The molecule has 7 nitrogen and oxygen atoms in total. The molecule has 0 saturated heterocycles. The molecule has 2 heterocycles. The molecule has 1 aromatic carbocycles. The van der Waals surface area contributed by atoms with Crippen molar-refractivity contribution in [2.24, 2.45) is 0 Å². The topological polar surface area (TPSA) is 82.1 Å². The Labute approximate surface area is 164 Å². The van der Waals surface area contributed by atoms with Crippen LogP contribution in [0.4, 0.5) is 5.82 Å². The summed E-state index contributed by atoms with van der Waals surface area (Å²) in [5.41, 5.74) is 7.39. The fraction of sp³-hybridized carbons (Fsp3) is 0.312. The minimum atomic E-state index is 0.399. The summed E-state index contributed by atoms with van der Waals surface area (Å²) < 4.78 is 8.57. The second-order valence-corrected chi connectivity index (χ2v) is 7.85. The summed E-state index contributed by atoms with van der Waals surface area (Å²) in [5, 5.41) is 0.843. The summed E-state index contributed by atoms with van der Waals surface area (Å²) in [7, 11) is 5.75. The van der Waals surface area contributed by atoms with Crippen LogP contribution in [0.15, 0.2) is 34.6 Å². The Balaban J connectivity index is 2.05. The highest BCUT2D eigenvalue weighted by Crippen LogP contribution is 2.35. The van der Waals surface area contributed by atoms with E-state index < -0.39 is 0 Å². The summed E-state index contributed by atoms with van der Waals surface area (Å²) >= 11 is 3.89. The lowest BCUT2D eigenvalue weighted by Crippen LogP contribution is -2.19. The summed E-state index contributed by atoms with van der Waals surface area (Å²) in [6.07, 6.45) is 1.48. The molecule has 25 heavy (non-hydrogen) atoms. The smallest absolute Gasteiger partial charge is 0.175 e. The Morgan fingerprint density at radius 2 is 2.12 bits per heavy atom. The number of halogens is 1. The van der Waals surface area contributed by atoms with Crippen LogP contribution in [0.1, 0.15) is 0 Å². The van der Waals surface area contributed by atoms with E-state index in [4.69, 9.17) is 15.5 Å². The lowest BCUT2D eigenvalue weighted by molar-refractivity contribution is 0.379. The number of nitrogens with two attached hydrogens (primary N) is 1. The first-order chi connectivity index (χ1) is 12.0. The van der Waals surface area contributed by atoms with Crippen LogP contribution in [0.3, 0.4) is 0 Å². The number of hydrogen-bond acceptors (Lipinski definition) is 7. The van der Waals surface area contributed by atoms with E-state index in [1.807, 2.05) is 32.3 Å². The predicted molar refractivity (Wildman–Crippen MR) is 108 cm³/mol. The number of anilines is 1. The first-order valence-electron chi connectivity index (χ1n) is 7.62. The Bertz CT molecular complexity index is 898. The number of nitrogen functional groups attached to an aromatic ring is 1. The third kappa shape index (κ3) is 3.98. The fourth-order valence-corrected chi connectivity index (χ4v) is 3.93. The number of benzene rings is 1. The van der Waals surface area contributed by atoms with Gasteiger partial charge in [-0.25, -0.2) is 15.0 Å². The molecule has 132 valence electrons. The number of aromatic nitrogens is 4. The molecular weight excluding hydrogens is 451 g/mol. The summed E-state index contributed by atoms with van der Waals surface area (Å²) in [6, 6.07) is 5.99. The van der Waals surface area contributed by atoms with Gasteiger partial charge in [-0.3, -0.25) is 0 Å². The van der Waals surface area contributed by atoms with Gasteiger partial charge in [-0.05, 0) is 54.9 Å². The lowest BCUT2D eigenvalue weighted by atomic mass is 10.3. The third-order valence-corrected chi connectivity index (χ3v) is 5.99. The number of rotatable bonds is 6. The van der Waals surface area contributed by atoms with E-state index in [1.165, 1.54) is 6.33 Å². The molecule has 0 aliphatic rings. The van der Waals surface area contributed by atoms with Crippen molar-refractivity contribution in [3.8, 4) is 5.75 Å². The Hall–Kier alpha value is -1.59. The zero-order chi connectivity index (χ0) is 18.0. The van der Waals surface area contributed by atoms with Crippen molar-refractivity contribution in [1.82, 2.24) is 24.4 Å². The van der Waals surface area contributed by atoms with Gasteiger partial charge in [-0.2, -0.15) is 0 Å². The maximum absolute atomic E-state index is 6.00. The van der Waals surface area contributed by atoms with Crippen LogP contribution in [0.2, 0.25) is 0 Å². The van der Waals surface area contributed by atoms with Gasteiger partial charge in [-0.15, -0.1) is 0 Å². The van der Waals surface area contributed by atoms with E-state index in [-0.39, 0.29) is 0 Å². The highest BCUT2D eigenvalue weighted by atomic mass is 127. The van der Waals surface area contributed by atoms with Gasteiger partial charge in [-0.1, -0.05) is 11.8 Å². The zero-order valence-corrected chi connectivity index (χ0v) is 17.2. The van der Waals surface area contributed by atoms with Crippen molar-refractivity contribution < 1.29 is 4.74 Å². The van der Waals surface area contributed by atoms with Crippen molar-refractivity contribution in [3.63, 3.8) is 0 Å². The quantitative estimate of drug-likeness (QED) is 0.555. The first kappa shape index (κ1) is 18.2. The molecule has 0 amide bonds. The van der Waals surface area contributed by atoms with E-state index in [0.29, 0.717) is 11.3 Å². The number of nitrogens with zero attached hydrogens (tertiary/aromatic N) is 5. The van der Waals surface area contributed by atoms with Crippen LogP contribution in [-0.2, 0) is 6.54 Å². The SMILES string of the molecule is COc1ccc(I)c(Sc2nc3c(N)ncnc3n2CCN(C)C)c1. The first-order valence-corrected chi connectivity index (χ1v) is 9.52. The molecule has 0 bridgehead atoms. The normalized spacial score (nSPS) is 11.4. The molecule has 2 N–H and O–H groups in total. The number of imidazole rings is 1. The van der Waals surface area contributed by atoms with Crippen LogP contribution < -0.4 is 10.5 Å². The van der Waals surface area contributed by atoms with E-state index in [0.717, 1.165) is 38.1 Å². The van der Waals surface area contributed by atoms with Crippen LogP contribution in [-0.4, -0.2) is 52.2 Å². The predicted octanol–water partition coefficient (Wildman–Crippen LogP) is 2.73. The minimum absolute atomic E-state index is 0.399. The van der Waals surface area contributed by atoms with Gasteiger partial charge in [0.15, 0.2) is 22.1 Å². The number of likely N-dealkylation sites (N-methyl/N-ethyl adjacent to an activating group) is 1. The second-order valence-electron chi connectivity index (χ2n) is 5.68. The third-order valence-electron chi connectivity index (χ3n) is 3.64. The number of fused-ring (bicyclic) bond motifs is 1. The molecule has 0 aliphatic carbocycles.